The van der Waals surface area contributed by atoms with Gasteiger partial charge in [-0.05, 0) is 51.0 Å². The Bertz CT molecular complexity index is 1240. The summed E-state index contributed by atoms with van der Waals surface area (Å²) >= 11 is 5.93. The number of hydrogen-bond acceptors (Lipinski definition) is 6. The van der Waals surface area contributed by atoms with Crippen LogP contribution in [0.3, 0.4) is 0 Å². The van der Waals surface area contributed by atoms with Crippen LogP contribution in [0.5, 0.6) is 0 Å². The van der Waals surface area contributed by atoms with Gasteiger partial charge >= 0.3 is 0 Å². The predicted molar refractivity (Wildman–Crippen MR) is 113 cm³/mol. The molecule has 1 fully saturated rings. The van der Waals surface area contributed by atoms with Crippen molar-refractivity contribution in [3.63, 3.8) is 0 Å². The molecule has 2 heterocycles. The van der Waals surface area contributed by atoms with Crippen LogP contribution in [0.15, 0.2) is 38.6 Å². The van der Waals surface area contributed by atoms with E-state index in [0.29, 0.717) is 28.2 Å². The van der Waals surface area contributed by atoms with Gasteiger partial charge in [0.05, 0.1) is 17.1 Å². The third-order valence-electron chi connectivity index (χ3n) is 5.25. The fourth-order valence-corrected chi connectivity index (χ4v) is 3.71. The van der Waals surface area contributed by atoms with Gasteiger partial charge in [-0.3, -0.25) is 4.79 Å². The van der Waals surface area contributed by atoms with Gasteiger partial charge in [0, 0.05) is 17.0 Å². The summed E-state index contributed by atoms with van der Waals surface area (Å²) in [5.74, 6) is 0.131. The van der Waals surface area contributed by atoms with Crippen molar-refractivity contribution in [1.29, 1.82) is 0 Å². The number of benzene rings is 1. The molecule has 156 valence electrons. The van der Waals surface area contributed by atoms with E-state index < -0.39 is 11.9 Å². The molecule has 9 heteroatoms. The molecule has 0 saturated heterocycles. The van der Waals surface area contributed by atoms with E-state index in [1.54, 1.807) is 26.0 Å². The van der Waals surface area contributed by atoms with Crippen LogP contribution in [0.25, 0.3) is 11.0 Å². The van der Waals surface area contributed by atoms with Gasteiger partial charge in [0.1, 0.15) is 28.0 Å². The number of hydrogen-bond donors (Lipinski definition) is 3. The first-order chi connectivity index (χ1) is 14.3. The molecule has 1 atom stereocenters. The van der Waals surface area contributed by atoms with Crippen molar-refractivity contribution in [2.75, 3.05) is 5.32 Å². The summed E-state index contributed by atoms with van der Waals surface area (Å²) in [6, 6.07) is 5.21. The van der Waals surface area contributed by atoms with Crippen molar-refractivity contribution in [3.8, 4) is 0 Å². The number of oxime groups is 1. The molecule has 30 heavy (non-hydrogen) atoms. The Morgan fingerprint density at radius 3 is 2.83 bits per heavy atom. The third kappa shape index (κ3) is 3.59. The Morgan fingerprint density at radius 2 is 2.17 bits per heavy atom. The predicted octanol–water partition coefficient (Wildman–Crippen LogP) is 4.43. The SMILES string of the molecule is Cc1c(C2CC2)oc2c([C@@H](C)Nc3ccc(Cl)nc3/C(N)=N/O)cc(F)cc2c1=O. The third-order valence-corrected chi connectivity index (χ3v) is 5.46. The first-order valence-corrected chi connectivity index (χ1v) is 9.85. The minimum atomic E-state index is -0.539. The van der Waals surface area contributed by atoms with Gasteiger partial charge in [-0.1, -0.05) is 16.8 Å². The van der Waals surface area contributed by atoms with Crippen LogP contribution in [0.4, 0.5) is 10.1 Å². The normalized spacial score (nSPS) is 15.4. The van der Waals surface area contributed by atoms with Crippen LogP contribution < -0.4 is 16.5 Å². The van der Waals surface area contributed by atoms with Gasteiger partial charge in [-0.2, -0.15) is 0 Å². The molecule has 1 aliphatic rings. The zero-order valence-corrected chi connectivity index (χ0v) is 17.1. The quantitative estimate of drug-likeness (QED) is 0.181. The summed E-state index contributed by atoms with van der Waals surface area (Å²) in [5.41, 5.74) is 7.41. The van der Waals surface area contributed by atoms with Gasteiger partial charge < -0.3 is 20.7 Å². The van der Waals surface area contributed by atoms with E-state index >= 15 is 0 Å². The smallest absolute Gasteiger partial charge is 0.195 e. The summed E-state index contributed by atoms with van der Waals surface area (Å²) in [6.07, 6.45) is 1.94. The lowest BCUT2D eigenvalue weighted by Crippen LogP contribution is -2.19. The van der Waals surface area contributed by atoms with E-state index in [1.807, 2.05) is 0 Å². The zero-order chi connectivity index (χ0) is 21.6. The lowest BCUT2D eigenvalue weighted by Gasteiger charge is -2.19. The minimum Gasteiger partial charge on any atom is -0.460 e. The Labute approximate surface area is 176 Å². The van der Waals surface area contributed by atoms with Crippen molar-refractivity contribution < 1.29 is 14.0 Å². The average molecular weight is 431 g/mol. The molecule has 4 N–H and O–H groups in total. The number of anilines is 1. The maximum Gasteiger partial charge on any atom is 0.195 e. The van der Waals surface area contributed by atoms with Gasteiger partial charge in [-0.25, -0.2) is 9.37 Å². The van der Waals surface area contributed by atoms with Crippen molar-refractivity contribution in [1.82, 2.24) is 4.98 Å². The Kier molecular flexibility index (Phi) is 5.11. The topological polar surface area (TPSA) is 114 Å². The van der Waals surface area contributed by atoms with E-state index in [-0.39, 0.29) is 33.4 Å². The molecule has 0 bridgehead atoms. The van der Waals surface area contributed by atoms with E-state index in [9.17, 15) is 9.18 Å². The Hall–Kier alpha value is -3.13. The molecule has 1 saturated carbocycles. The van der Waals surface area contributed by atoms with E-state index in [4.69, 9.17) is 27.0 Å². The summed E-state index contributed by atoms with van der Waals surface area (Å²) in [6.45, 7) is 3.50. The Balaban J connectivity index is 1.83. The standard InChI is InChI=1S/C21H20ClFN4O3/c1-9-18(28)14-8-12(23)7-13(20(14)30-19(9)11-3-4-11)10(2)25-15-5-6-16(22)26-17(15)21(24)27-29/h5-8,10-11,25,29H,3-4H2,1-2H3,(H2,24,27)/t10-/m1/s1. The van der Waals surface area contributed by atoms with Crippen LogP contribution in [-0.2, 0) is 0 Å². The maximum atomic E-state index is 14.4. The number of halogens is 2. The van der Waals surface area contributed by atoms with Crippen molar-refractivity contribution in [2.45, 2.75) is 38.6 Å². The fourth-order valence-electron chi connectivity index (χ4n) is 3.56. The molecule has 4 rings (SSSR count). The first kappa shape index (κ1) is 20.2. The number of rotatable bonds is 5. The van der Waals surface area contributed by atoms with Crippen LogP contribution in [0.1, 0.15) is 54.3 Å². The molecular weight excluding hydrogens is 411 g/mol. The van der Waals surface area contributed by atoms with Gasteiger partial charge in [0.15, 0.2) is 11.3 Å². The number of aromatic nitrogens is 1. The molecule has 0 aliphatic heterocycles. The molecule has 0 unspecified atom stereocenters. The Morgan fingerprint density at radius 1 is 1.43 bits per heavy atom. The number of amidine groups is 1. The molecule has 7 nitrogen and oxygen atoms in total. The second-order valence-electron chi connectivity index (χ2n) is 7.45. The molecular formula is C21H20ClFN4O3. The summed E-state index contributed by atoms with van der Waals surface area (Å²) in [4.78, 5) is 16.9. The molecule has 2 aromatic heterocycles. The van der Waals surface area contributed by atoms with Crippen LogP contribution in [0, 0.1) is 12.7 Å². The molecule has 0 spiro atoms. The molecule has 1 aliphatic carbocycles. The lowest BCUT2D eigenvalue weighted by molar-refractivity contribution is 0.318. The number of nitrogens with zero attached hydrogens (tertiary/aromatic N) is 2. The van der Waals surface area contributed by atoms with Crippen LogP contribution in [0.2, 0.25) is 5.15 Å². The average Bonchev–Trinajstić information content (AvgIpc) is 3.56. The van der Waals surface area contributed by atoms with Crippen LogP contribution >= 0.6 is 11.6 Å². The van der Waals surface area contributed by atoms with E-state index in [2.05, 4.69) is 15.5 Å². The van der Waals surface area contributed by atoms with Gasteiger partial charge in [0.2, 0.25) is 0 Å². The van der Waals surface area contributed by atoms with Crippen molar-refractivity contribution in [2.24, 2.45) is 10.9 Å². The second-order valence-corrected chi connectivity index (χ2v) is 7.84. The summed E-state index contributed by atoms with van der Waals surface area (Å²) < 4.78 is 20.5. The van der Waals surface area contributed by atoms with Gasteiger partial charge in [-0.15, -0.1) is 0 Å². The highest BCUT2D eigenvalue weighted by Gasteiger charge is 2.30. The number of fused-ring (bicyclic) bond motifs is 1. The highest BCUT2D eigenvalue weighted by Crippen LogP contribution is 2.42. The van der Waals surface area contributed by atoms with Gasteiger partial charge in [0.25, 0.3) is 0 Å². The number of nitrogens with two attached hydrogens (primary N) is 1. The lowest BCUT2D eigenvalue weighted by atomic mass is 10.0. The zero-order valence-electron chi connectivity index (χ0n) is 16.4. The van der Waals surface area contributed by atoms with E-state index in [0.717, 1.165) is 12.8 Å². The molecule has 1 aromatic carbocycles. The van der Waals surface area contributed by atoms with Crippen molar-refractivity contribution >= 4 is 34.1 Å². The molecule has 3 aromatic rings. The number of nitrogens with one attached hydrogen (secondary N) is 1. The molecule has 0 amide bonds. The maximum absolute atomic E-state index is 14.4. The fraction of sp³-hybridized carbons (Fsp3) is 0.286. The number of pyridine rings is 1. The monoisotopic (exact) mass is 430 g/mol. The van der Waals surface area contributed by atoms with Crippen LogP contribution in [-0.4, -0.2) is 16.0 Å². The van der Waals surface area contributed by atoms with E-state index in [1.165, 1.54) is 12.1 Å². The second kappa shape index (κ2) is 7.60. The minimum absolute atomic E-state index is 0.147. The largest absolute Gasteiger partial charge is 0.460 e. The first-order valence-electron chi connectivity index (χ1n) is 9.48. The molecule has 0 radical (unpaired) electrons. The summed E-state index contributed by atoms with van der Waals surface area (Å²) in [5, 5.41) is 15.5. The highest BCUT2D eigenvalue weighted by molar-refractivity contribution is 6.29. The van der Waals surface area contributed by atoms with Crippen molar-refractivity contribution in [3.05, 3.63) is 68.0 Å². The highest BCUT2D eigenvalue weighted by atomic mass is 35.5. The summed E-state index contributed by atoms with van der Waals surface area (Å²) in [7, 11) is 0.